The highest BCUT2D eigenvalue weighted by Crippen LogP contribution is 2.21. The number of carbonyl (C=O) groups is 1. The van der Waals surface area contributed by atoms with E-state index in [0.29, 0.717) is 17.9 Å². The molecule has 0 atom stereocenters. The summed E-state index contributed by atoms with van der Waals surface area (Å²) in [5.41, 5.74) is 1.54. The number of esters is 1. The SMILES string of the molecule is COCc1ccc(C(=O)Oc2ccc3ccccc3c2)cc1. The molecule has 3 nitrogen and oxygen atoms in total. The molecular weight excluding hydrogens is 276 g/mol. The Morgan fingerprint density at radius 3 is 2.36 bits per heavy atom. The Labute approximate surface area is 129 Å². The summed E-state index contributed by atoms with van der Waals surface area (Å²) in [6, 6.07) is 20.8. The van der Waals surface area contributed by atoms with Crippen LogP contribution in [0, 0.1) is 0 Å². The molecule has 22 heavy (non-hydrogen) atoms. The van der Waals surface area contributed by atoms with Gasteiger partial charge in [0.15, 0.2) is 0 Å². The maximum Gasteiger partial charge on any atom is 0.343 e. The summed E-state index contributed by atoms with van der Waals surface area (Å²) in [5.74, 6) is 0.184. The number of hydrogen-bond acceptors (Lipinski definition) is 3. The van der Waals surface area contributed by atoms with Crippen molar-refractivity contribution in [3.63, 3.8) is 0 Å². The molecule has 0 unspecified atom stereocenters. The minimum Gasteiger partial charge on any atom is -0.423 e. The van der Waals surface area contributed by atoms with Gasteiger partial charge in [-0.05, 0) is 40.6 Å². The Balaban J connectivity index is 1.77. The van der Waals surface area contributed by atoms with Gasteiger partial charge in [-0.15, -0.1) is 0 Å². The topological polar surface area (TPSA) is 35.5 Å². The largest absolute Gasteiger partial charge is 0.423 e. The molecule has 0 spiro atoms. The van der Waals surface area contributed by atoms with Crippen molar-refractivity contribution in [2.45, 2.75) is 6.61 Å². The molecule has 0 bridgehead atoms. The number of methoxy groups -OCH3 is 1. The van der Waals surface area contributed by atoms with Crippen LogP contribution in [0.3, 0.4) is 0 Å². The summed E-state index contributed by atoms with van der Waals surface area (Å²) in [7, 11) is 1.64. The molecule has 0 aliphatic carbocycles. The van der Waals surface area contributed by atoms with E-state index in [1.54, 1.807) is 25.3 Å². The molecule has 110 valence electrons. The predicted molar refractivity (Wildman–Crippen MR) is 86.1 cm³/mol. The maximum absolute atomic E-state index is 12.2. The molecule has 3 rings (SSSR count). The van der Waals surface area contributed by atoms with Gasteiger partial charge in [-0.1, -0.05) is 42.5 Å². The summed E-state index contributed by atoms with van der Waals surface area (Å²) < 4.78 is 10.5. The van der Waals surface area contributed by atoms with Crippen molar-refractivity contribution in [1.82, 2.24) is 0 Å². The minimum absolute atomic E-state index is 0.362. The Hall–Kier alpha value is -2.65. The molecule has 0 radical (unpaired) electrons. The number of carbonyl (C=O) groups excluding carboxylic acids is 1. The van der Waals surface area contributed by atoms with Gasteiger partial charge in [0.25, 0.3) is 0 Å². The van der Waals surface area contributed by atoms with Crippen LogP contribution in [0.5, 0.6) is 5.75 Å². The third-order valence-corrected chi connectivity index (χ3v) is 3.43. The fourth-order valence-corrected chi connectivity index (χ4v) is 2.30. The van der Waals surface area contributed by atoms with Gasteiger partial charge in [-0.3, -0.25) is 0 Å². The van der Waals surface area contributed by atoms with Gasteiger partial charge in [0, 0.05) is 7.11 Å². The van der Waals surface area contributed by atoms with Crippen LogP contribution in [0.2, 0.25) is 0 Å². The number of benzene rings is 3. The van der Waals surface area contributed by atoms with Gasteiger partial charge < -0.3 is 9.47 Å². The Morgan fingerprint density at radius 2 is 1.64 bits per heavy atom. The molecule has 3 heteroatoms. The second-order valence-corrected chi connectivity index (χ2v) is 5.03. The molecule has 0 saturated carbocycles. The molecule has 3 aromatic rings. The maximum atomic E-state index is 12.2. The normalized spacial score (nSPS) is 10.6. The van der Waals surface area contributed by atoms with Crippen molar-refractivity contribution in [2.75, 3.05) is 7.11 Å². The average Bonchev–Trinajstić information content (AvgIpc) is 2.56. The van der Waals surface area contributed by atoms with Crippen molar-refractivity contribution < 1.29 is 14.3 Å². The number of rotatable bonds is 4. The van der Waals surface area contributed by atoms with E-state index >= 15 is 0 Å². The van der Waals surface area contributed by atoms with Crippen LogP contribution in [0.25, 0.3) is 10.8 Å². The third kappa shape index (κ3) is 3.15. The van der Waals surface area contributed by atoms with E-state index in [-0.39, 0.29) is 5.97 Å². The number of fused-ring (bicyclic) bond motifs is 1. The first-order valence-electron chi connectivity index (χ1n) is 7.05. The van der Waals surface area contributed by atoms with Crippen LogP contribution in [0.4, 0.5) is 0 Å². The van der Waals surface area contributed by atoms with Crippen LogP contribution in [0.1, 0.15) is 15.9 Å². The minimum atomic E-state index is -0.362. The molecule has 0 aliphatic rings. The molecule has 0 saturated heterocycles. The van der Waals surface area contributed by atoms with E-state index in [4.69, 9.17) is 9.47 Å². The number of ether oxygens (including phenoxy) is 2. The van der Waals surface area contributed by atoms with Gasteiger partial charge in [0.1, 0.15) is 5.75 Å². The standard InChI is InChI=1S/C19H16O3/c1-21-13-14-6-8-16(9-7-14)19(20)22-18-11-10-15-4-2-3-5-17(15)12-18/h2-12H,13H2,1H3. The molecule has 0 aliphatic heterocycles. The summed E-state index contributed by atoms with van der Waals surface area (Å²) in [6.07, 6.45) is 0. The van der Waals surface area contributed by atoms with Crippen LogP contribution in [-0.2, 0) is 11.3 Å². The zero-order valence-corrected chi connectivity index (χ0v) is 12.3. The van der Waals surface area contributed by atoms with E-state index in [1.807, 2.05) is 48.5 Å². The first-order valence-corrected chi connectivity index (χ1v) is 7.05. The van der Waals surface area contributed by atoms with Crippen molar-refractivity contribution in [3.05, 3.63) is 77.9 Å². The second kappa shape index (κ2) is 6.41. The molecule has 0 heterocycles. The fourth-order valence-electron chi connectivity index (χ4n) is 2.30. The third-order valence-electron chi connectivity index (χ3n) is 3.43. The summed E-state index contributed by atoms with van der Waals surface area (Å²) in [6.45, 7) is 0.528. The molecule has 0 N–H and O–H groups in total. The Kier molecular flexibility index (Phi) is 4.17. The summed E-state index contributed by atoms with van der Waals surface area (Å²) >= 11 is 0. The van der Waals surface area contributed by atoms with Gasteiger partial charge in [-0.2, -0.15) is 0 Å². The fraction of sp³-hybridized carbons (Fsp3) is 0.105. The quantitative estimate of drug-likeness (QED) is 0.534. The van der Waals surface area contributed by atoms with Crippen LogP contribution >= 0.6 is 0 Å². The first kappa shape index (κ1) is 14.3. The Bertz CT molecular complexity index is 791. The molecule has 0 fully saturated rings. The van der Waals surface area contributed by atoms with E-state index < -0.39 is 0 Å². The van der Waals surface area contributed by atoms with Crippen molar-refractivity contribution in [3.8, 4) is 5.75 Å². The van der Waals surface area contributed by atoms with E-state index in [0.717, 1.165) is 16.3 Å². The lowest BCUT2D eigenvalue weighted by molar-refractivity contribution is 0.0735. The summed E-state index contributed by atoms with van der Waals surface area (Å²) in [5, 5.41) is 2.16. The van der Waals surface area contributed by atoms with Crippen molar-refractivity contribution >= 4 is 16.7 Å². The highest BCUT2D eigenvalue weighted by atomic mass is 16.5. The van der Waals surface area contributed by atoms with Crippen molar-refractivity contribution in [1.29, 1.82) is 0 Å². The molecule has 0 aromatic heterocycles. The second-order valence-electron chi connectivity index (χ2n) is 5.03. The highest BCUT2D eigenvalue weighted by Gasteiger charge is 2.09. The molecule has 0 amide bonds. The lowest BCUT2D eigenvalue weighted by atomic mass is 10.1. The molecule has 3 aromatic carbocycles. The molecular formula is C19H16O3. The lowest BCUT2D eigenvalue weighted by Crippen LogP contribution is -2.08. The smallest absolute Gasteiger partial charge is 0.343 e. The van der Waals surface area contributed by atoms with Crippen LogP contribution in [0.15, 0.2) is 66.7 Å². The monoisotopic (exact) mass is 292 g/mol. The van der Waals surface area contributed by atoms with Gasteiger partial charge in [0.05, 0.1) is 12.2 Å². The zero-order chi connectivity index (χ0) is 15.4. The summed E-state index contributed by atoms with van der Waals surface area (Å²) in [4.78, 5) is 12.2. The average molecular weight is 292 g/mol. The van der Waals surface area contributed by atoms with Crippen LogP contribution in [-0.4, -0.2) is 13.1 Å². The van der Waals surface area contributed by atoms with Crippen molar-refractivity contribution in [2.24, 2.45) is 0 Å². The first-order chi connectivity index (χ1) is 10.8. The predicted octanol–water partition coefficient (Wildman–Crippen LogP) is 4.21. The van der Waals surface area contributed by atoms with Gasteiger partial charge in [0.2, 0.25) is 0 Å². The van der Waals surface area contributed by atoms with E-state index in [1.165, 1.54) is 0 Å². The number of hydrogen-bond donors (Lipinski definition) is 0. The van der Waals surface area contributed by atoms with Crippen LogP contribution < -0.4 is 4.74 Å². The van der Waals surface area contributed by atoms with Gasteiger partial charge >= 0.3 is 5.97 Å². The Morgan fingerprint density at radius 1 is 0.909 bits per heavy atom. The highest BCUT2D eigenvalue weighted by molar-refractivity contribution is 5.92. The van der Waals surface area contributed by atoms with E-state index in [9.17, 15) is 4.79 Å². The zero-order valence-electron chi connectivity index (χ0n) is 12.3. The van der Waals surface area contributed by atoms with Gasteiger partial charge in [-0.25, -0.2) is 4.79 Å². The van der Waals surface area contributed by atoms with E-state index in [2.05, 4.69) is 0 Å². The lowest BCUT2D eigenvalue weighted by Gasteiger charge is -2.06.